The van der Waals surface area contributed by atoms with Crippen molar-refractivity contribution >= 4 is 23.4 Å². The van der Waals surface area contributed by atoms with Crippen LogP contribution in [0, 0.1) is 5.41 Å². The minimum atomic E-state index is -0.874. The Hall–Kier alpha value is -2.40. The van der Waals surface area contributed by atoms with Crippen LogP contribution in [-0.4, -0.2) is 41.8 Å². The molecule has 1 aliphatic rings. The Balaban J connectivity index is 1.49. The number of benzene rings is 1. The summed E-state index contributed by atoms with van der Waals surface area (Å²) in [5.41, 5.74) is 1.32. The number of nitrogens with one attached hydrogen (secondary N) is 1. The summed E-state index contributed by atoms with van der Waals surface area (Å²) in [7, 11) is 1.77. The van der Waals surface area contributed by atoms with Crippen LogP contribution < -0.4 is 5.32 Å². The SMILES string of the molecule is CN(CCc1ccncc1)C(=O)C1(C(=O)NCCc2cccc(Cl)c2)CC1. The fraction of sp³-hybridized carbons (Fsp3) is 0.381. The number of amides is 2. The topological polar surface area (TPSA) is 62.3 Å². The molecule has 1 N–H and O–H groups in total. The predicted octanol–water partition coefficient (Wildman–Crippen LogP) is 2.88. The molecule has 2 aromatic rings. The summed E-state index contributed by atoms with van der Waals surface area (Å²) >= 11 is 5.98. The van der Waals surface area contributed by atoms with Crippen LogP contribution in [0.25, 0.3) is 0 Å². The number of pyridine rings is 1. The lowest BCUT2D eigenvalue weighted by molar-refractivity contribution is -0.143. The molecule has 1 aliphatic carbocycles. The number of aromatic nitrogens is 1. The standard InChI is InChI=1S/C21H24ClN3O2/c1-25(14-8-16-5-11-23-12-6-16)20(27)21(9-10-21)19(26)24-13-7-17-3-2-4-18(22)15-17/h2-6,11-12,15H,7-10,13-14H2,1H3,(H,24,26). The minimum Gasteiger partial charge on any atom is -0.355 e. The first kappa shape index (κ1) is 19.4. The van der Waals surface area contributed by atoms with Crippen LogP contribution in [0.4, 0.5) is 0 Å². The second-order valence-corrected chi connectivity index (χ2v) is 7.49. The molecule has 6 heteroatoms. The van der Waals surface area contributed by atoms with Gasteiger partial charge in [0.05, 0.1) is 0 Å². The van der Waals surface area contributed by atoms with Crippen molar-refractivity contribution in [1.82, 2.24) is 15.2 Å². The number of nitrogens with zero attached hydrogens (tertiary/aromatic N) is 2. The highest BCUT2D eigenvalue weighted by atomic mass is 35.5. The van der Waals surface area contributed by atoms with Crippen LogP contribution in [0.2, 0.25) is 5.02 Å². The van der Waals surface area contributed by atoms with E-state index < -0.39 is 5.41 Å². The van der Waals surface area contributed by atoms with Crippen LogP contribution in [0.1, 0.15) is 24.0 Å². The van der Waals surface area contributed by atoms with E-state index in [9.17, 15) is 9.59 Å². The van der Waals surface area contributed by atoms with Gasteiger partial charge in [-0.25, -0.2) is 0 Å². The summed E-state index contributed by atoms with van der Waals surface area (Å²) in [4.78, 5) is 31.1. The maximum atomic E-state index is 12.8. The average Bonchev–Trinajstić information content (AvgIpc) is 3.48. The molecule has 0 radical (unpaired) electrons. The molecule has 0 unspecified atom stereocenters. The number of halogens is 1. The summed E-state index contributed by atoms with van der Waals surface area (Å²) in [6, 6.07) is 11.5. The smallest absolute Gasteiger partial charge is 0.238 e. The molecule has 0 spiro atoms. The third-order valence-electron chi connectivity index (χ3n) is 5.01. The fourth-order valence-corrected chi connectivity index (χ4v) is 3.37. The van der Waals surface area contributed by atoms with E-state index in [1.807, 2.05) is 36.4 Å². The maximum Gasteiger partial charge on any atom is 0.238 e. The quantitative estimate of drug-likeness (QED) is 0.711. The lowest BCUT2D eigenvalue weighted by atomic mass is 10.0. The highest BCUT2D eigenvalue weighted by Crippen LogP contribution is 2.47. The highest BCUT2D eigenvalue weighted by molar-refractivity contribution is 6.30. The van der Waals surface area contributed by atoms with Gasteiger partial charge in [-0.3, -0.25) is 14.6 Å². The number of carbonyl (C=O) groups excluding carboxylic acids is 2. The lowest BCUT2D eigenvalue weighted by Gasteiger charge is -2.23. The largest absolute Gasteiger partial charge is 0.355 e. The molecule has 1 heterocycles. The number of carbonyl (C=O) groups is 2. The minimum absolute atomic E-state index is 0.0863. The number of hydrogen-bond acceptors (Lipinski definition) is 3. The van der Waals surface area contributed by atoms with Gasteiger partial charge in [0, 0.05) is 37.6 Å². The van der Waals surface area contributed by atoms with Crippen molar-refractivity contribution in [2.75, 3.05) is 20.1 Å². The van der Waals surface area contributed by atoms with Gasteiger partial charge in [0.25, 0.3) is 0 Å². The zero-order chi connectivity index (χ0) is 19.3. The van der Waals surface area contributed by atoms with Crippen molar-refractivity contribution in [1.29, 1.82) is 0 Å². The van der Waals surface area contributed by atoms with Gasteiger partial charge >= 0.3 is 0 Å². The molecule has 142 valence electrons. The Labute approximate surface area is 164 Å². The van der Waals surface area contributed by atoms with Crippen LogP contribution in [-0.2, 0) is 22.4 Å². The van der Waals surface area contributed by atoms with Crippen molar-refractivity contribution in [2.45, 2.75) is 25.7 Å². The molecule has 1 saturated carbocycles. The van der Waals surface area contributed by atoms with E-state index in [4.69, 9.17) is 11.6 Å². The molecule has 1 aromatic carbocycles. The van der Waals surface area contributed by atoms with Crippen molar-refractivity contribution < 1.29 is 9.59 Å². The van der Waals surface area contributed by atoms with Crippen LogP contribution in [0.3, 0.4) is 0 Å². The summed E-state index contributed by atoms with van der Waals surface area (Å²) in [5.74, 6) is -0.248. The lowest BCUT2D eigenvalue weighted by Crippen LogP contribution is -2.44. The molecular formula is C21H24ClN3O2. The maximum absolute atomic E-state index is 12.8. The number of likely N-dealkylation sites (N-methyl/N-ethyl adjacent to an activating group) is 1. The summed E-state index contributed by atoms with van der Waals surface area (Å²) in [6.45, 7) is 1.08. The number of hydrogen-bond donors (Lipinski definition) is 1. The summed E-state index contributed by atoms with van der Waals surface area (Å²) in [6.07, 6.45) is 6.16. The highest BCUT2D eigenvalue weighted by Gasteiger charge is 2.57. The first-order valence-electron chi connectivity index (χ1n) is 9.18. The van der Waals surface area contributed by atoms with E-state index in [-0.39, 0.29) is 11.8 Å². The summed E-state index contributed by atoms with van der Waals surface area (Å²) in [5, 5.41) is 3.61. The number of rotatable bonds is 8. The fourth-order valence-electron chi connectivity index (χ4n) is 3.16. The Kier molecular flexibility index (Phi) is 6.11. The van der Waals surface area contributed by atoms with Gasteiger partial charge in [-0.15, -0.1) is 0 Å². The van der Waals surface area contributed by atoms with Crippen LogP contribution in [0.15, 0.2) is 48.8 Å². The van der Waals surface area contributed by atoms with Crippen molar-refractivity contribution in [3.05, 3.63) is 64.9 Å². The Bertz CT molecular complexity index is 806. The van der Waals surface area contributed by atoms with E-state index in [2.05, 4.69) is 10.3 Å². The van der Waals surface area contributed by atoms with Gasteiger partial charge in [-0.1, -0.05) is 23.7 Å². The molecule has 2 amide bonds. The molecule has 1 aromatic heterocycles. The predicted molar refractivity (Wildman–Crippen MR) is 105 cm³/mol. The van der Waals surface area contributed by atoms with E-state index >= 15 is 0 Å². The van der Waals surface area contributed by atoms with Gasteiger partial charge < -0.3 is 10.2 Å². The van der Waals surface area contributed by atoms with E-state index in [0.717, 1.165) is 17.5 Å². The molecule has 0 saturated heterocycles. The molecular weight excluding hydrogens is 362 g/mol. The first-order chi connectivity index (χ1) is 13.0. The first-order valence-corrected chi connectivity index (χ1v) is 9.56. The zero-order valence-corrected chi connectivity index (χ0v) is 16.2. The molecule has 5 nitrogen and oxygen atoms in total. The zero-order valence-electron chi connectivity index (χ0n) is 15.5. The normalized spacial score (nSPS) is 14.4. The molecule has 3 rings (SSSR count). The van der Waals surface area contributed by atoms with Gasteiger partial charge in [-0.2, -0.15) is 0 Å². The summed E-state index contributed by atoms with van der Waals surface area (Å²) < 4.78 is 0. The second kappa shape index (κ2) is 8.53. The molecule has 0 atom stereocenters. The van der Waals surface area contributed by atoms with Gasteiger partial charge in [0.15, 0.2) is 0 Å². The molecule has 0 aliphatic heterocycles. The molecule has 1 fully saturated rings. The van der Waals surface area contributed by atoms with Crippen molar-refractivity contribution in [3.63, 3.8) is 0 Å². The van der Waals surface area contributed by atoms with Crippen molar-refractivity contribution in [3.8, 4) is 0 Å². The van der Waals surface area contributed by atoms with Crippen molar-refractivity contribution in [2.24, 2.45) is 5.41 Å². The van der Waals surface area contributed by atoms with E-state index in [0.29, 0.717) is 37.4 Å². The molecule has 27 heavy (non-hydrogen) atoms. The van der Waals surface area contributed by atoms with Crippen LogP contribution >= 0.6 is 11.6 Å². The Morgan fingerprint density at radius 1 is 1.15 bits per heavy atom. The second-order valence-electron chi connectivity index (χ2n) is 7.05. The van der Waals surface area contributed by atoms with Gasteiger partial charge in [0.2, 0.25) is 11.8 Å². The van der Waals surface area contributed by atoms with Crippen LogP contribution in [0.5, 0.6) is 0 Å². The third-order valence-corrected chi connectivity index (χ3v) is 5.25. The third kappa shape index (κ3) is 4.86. The van der Waals surface area contributed by atoms with E-state index in [1.54, 1.807) is 24.3 Å². The molecule has 0 bridgehead atoms. The monoisotopic (exact) mass is 385 g/mol. The Morgan fingerprint density at radius 3 is 2.56 bits per heavy atom. The van der Waals surface area contributed by atoms with Gasteiger partial charge in [-0.05, 0) is 61.1 Å². The average molecular weight is 386 g/mol. The van der Waals surface area contributed by atoms with Gasteiger partial charge in [0.1, 0.15) is 5.41 Å². The Morgan fingerprint density at radius 2 is 1.89 bits per heavy atom. The van der Waals surface area contributed by atoms with E-state index in [1.165, 1.54) is 0 Å².